The molecule has 3 rings (SSSR count). The zero-order valence-electron chi connectivity index (χ0n) is 19.1. The molecule has 1 N–H and O–H groups in total. The quantitative estimate of drug-likeness (QED) is 0.341. The molecule has 2 aromatic carbocycles. The van der Waals surface area contributed by atoms with Gasteiger partial charge in [0.25, 0.3) is 0 Å². The molecule has 0 aliphatic carbocycles. The third-order valence-electron chi connectivity index (χ3n) is 5.03. The summed E-state index contributed by atoms with van der Waals surface area (Å²) in [6.45, 7) is 4.71. The largest absolute Gasteiger partial charge is 1.00 e. The molecule has 1 aromatic heterocycles. The molecular weight excluding hydrogens is 433 g/mol. The van der Waals surface area contributed by atoms with E-state index in [-0.39, 0.29) is 36.0 Å². The number of hydrogen-bond donors (Lipinski definition) is 1. The summed E-state index contributed by atoms with van der Waals surface area (Å²) in [4.78, 5) is 15.8. The summed E-state index contributed by atoms with van der Waals surface area (Å²) in [7, 11) is 0. The van der Waals surface area contributed by atoms with E-state index in [1.54, 1.807) is 18.7 Å². The fourth-order valence-corrected chi connectivity index (χ4v) is 3.89. The van der Waals surface area contributed by atoms with Gasteiger partial charge in [-0.15, -0.1) is 11.8 Å². The number of carboxylic acids is 1. The summed E-state index contributed by atoms with van der Waals surface area (Å²) in [5.74, 6) is -0.439. The Kier molecular flexibility index (Phi) is 10.9. The van der Waals surface area contributed by atoms with Crippen LogP contribution in [-0.2, 0) is 22.4 Å². The van der Waals surface area contributed by atoms with Crippen molar-refractivity contribution >= 4 is 17.7 Å². The smallest absolute Gasteiger partial charge is 0.547 e. The number of aryl methyl sites for hydroxylation is 1. The first-order valence-corrected chi connectivity index (χ1v) is 11.6. The summed E-state index contributed by atoms with van der Waals surface area (Å²) in [6.07, 6.45) is 2.20. The third-order valence-corrected chi connectivity index (χ3v) is 5.77. The van der Waals surface area contributed by atoms with Crippen LogP contribution in [-0.4, -0.2) is 36.5 Å². The Hall–Kier alpha value is -1.70. The standard InChI is InChI=1S/C25H29NO4S.Na/c1-4-29-23(25(27)28)16-18-5-9-21(10-6-18)30-14-13-20-15-17(2)26-24(20)19-7-11-22(31-3)12-8-19;/h5-12,15,23,26H,4,13-14,16H2,1-3H3,(H,27,28);/q;+1/p-1/t23-;/m0./s1. The second-order valence-electron chi connectivity index (χ2n) is 7.29. The molecule has 1 atom stereocenters. The molecule has 32 heavy (non-hydrogen) atoms. The van der Waals surface area contributed by atoms with Gasteiger partial charge in [-0.05, 0) is 67.1 Å². The van der Waals surface area contributed by atoms with E-state index in [4.69, 9.17) is 9.47 Å². The first kappa shape index (κ1) is 26.6. The van der Waals surface area contributed by atoms with E-state index in [2.05, 4.69) is 48.5 Å². The molecule has 0 radical (unpaired) electrons. The van der Waals surface area contributed by atoms with Crippen molar-refractivity contribution in [3.63, 3.8) is 0 Å². The molecule has 0 saturated carbocycles. The van der Waals surface area contributed by atoms with Crippen LogP contribution in [0.1, 0.15) is 23.7 Å². The second-order valence-corrected chi connectivity index (χ2v) is 8.17. The predicted octanol–water partition coefficient (Wildman–Crippen LogP) is 1.04. The van der Waals surface area contributed by atoms with Crippen LogP contribution in [0, 0.1) is 6.92 Å². The minimum atomic E-state index is -1.19. The second kappa shape index (κ2) is 13.1. The summed E-state index contributed by atoms with van der Waals surface area (Å²) >= 11 is 1.73. The normalized spacial score (nSPS) is 11.6. The number of ether oxygens (including phenoxy) is 2. The van der Waals surface area contributed by atoms with Crippen LogP contribution < -0.4 is 39.4 Å². The van der Waals surface area contributed by atoms with Gasteiger partial charge >= 0.3 is 29.6 Å². The Morgan fingerprint density at radius 3 is 2.41 bits per heavy atom. The zero-order valence-corrected chi connectivity index (χ0v) is 22.0. The van der Waals surface area contributed by atoms with E-state index in [1.165, 1.54) is 16.0 Å². The minimum Gasteiger partial charge on any atom is -0.547 e. The average Bonchev–Trinajstić information content (AvgIpc) is 3.15. The first-order valence-electron chi connectivity index (χ1n) is 10.4. The molecule has 0 saturated heterocycles. The number of aromatic nitrogens is 1. The molecule has 7 heteroatoms. The van der Waals surface area contributed by atoms with Gasteiger partial charge in [-0.2, -0.15) is 0 Å². The average molecular weight is 462 g/mol. The molecule has 0 aliphatic heterocycles. The van der Waals surface area contributed by atoms with E-state index >= 15 is 0 Å². The van der Waals surface area contributed by atoms with Crippen LogP contribution >= 0.6 is 11.8 Å². The van der Waals surface area contributed by atoms with Crippen molar-refractivity contribution in [1.29, 1.82) is 0 Å². The van der Waals surface area contributed by atoms with Crippen LogP contribution in [0.2, 0.25) is 0 Å². The number of thioether (sulfide) groups is 1. The number of carbonyl (C=O) groups excluding carboxylic acids is 1. The number of nitrogens with one attached hydrogen (secondary N) is 1. The van der Waals surface area contributed by atoms with Crippen LogP contribution in [0.3, 0.4) is 0 Å². The predicted molar refractivity (Wildman–Crippen MR) is 123 cm³/mol. The number of rotatable bonds is 11. The van der Waals surface area contributed by atoms with Gasteiger partial charge in [0, 0.05) is 35.7 Å². The van der Waals surface area contributed by atoms with E-state index in [0.717, 1.165) is 29.1 Å². The molecule has 3 aromatic rings. The molecule has 0 fully saturated rings. The van der Waals surface area contributed by atoms with Gasteiger partial charge in [0.1, 0.15) is 11.9 Å². The molecule has 0 unspecified atom stereocenters. The number of H-pyrrole nitrogens is 1. The number of aromatic amines is 1. The van der Waals surface area contributed by atoms with E-state index in [1.807, 2.05) is 24.3 Å². The molecule has 0 aliphatic rings. The van der Waals surface area contributed by atoms with Crippen molar-refractivity contribution in [3.05, 3.63) is 71.4 Å². The number of carbonyl (C=O) groups is 1. The maximum absolute atomic E-state index is 11.1. The Morgan fingerprint density at radius 1 is 1.12 bits per heavy atom. The zero-order chi connectivity index (χ0) is 22.2. The molecular formula is C25H28NNaO4S. The van der Waals surface area contributed by atoms with E-state index in [0.29, 0.717) is 13.2 Å². The minimum absolute atomic E-state index is 0. The SMILES string of the molecule is CCO[C@@H](Cc1ccc(OCCc2cc(C)[nH]c2-c2ccc(SC)cc2)cc1)C(=O)[O-].[Na+]. The summed E-state index contributed by atoms with van der Waals surface area (Å²) in [6, 6.07) is 18.2. The Morgan fingerprint density at radius 2 is 1.81 bits per heavy atom. The maximum atomic E-state index is 11.1. The molecule has 0 bridgehead atoms. The first-order chi connectivity index (χ1) is 15.0. The van der Waals surface area contributed by atoms with E-state index in [9.17, 15) is 9.90 Å². The molecule has 0 spiro atoms. The van der Waals surface area contributed by atoms with Gasteiger partial charge in [0.15, 0.2) is 0 Å². The number of aliphatic carboxylic acids is 1. The van der Waals surface area contributed by atoms with Crippen molar-refractivity contribution < 1.29 is 48.9 Å². The van der Waals surface area contributed by atoms with Crippen molar-refractivity contribution in [3.8, 4) is 17.0 Å². The third kappa shape index (κ3) is 7.42. The van der Waals surface area contributed by atoms with Crippen LogP contribution in [0.4, 0.5) is 0 Å². The summed E-state index contributed by atoms with van der Waals surface area (Å²) in [5, 5.41) is 11.1. The number of benzene rings is 2. The fourth-order valence-electron chi connectivity index (χ4n) is 3.49. The molecule has 1 heterocycles. The number of carboxylic acid groups (broad SMARTS) is 1. The summed E-state index contributed by atoms with van der Waals surface area (Å²) < 4.78 is 11.1. The van der Waals surface area contributed by atoms with Gasteiger partial charge in [0.2, 0.25) is 0 Å². The fraction of sp³-hybridized carbons (Fsp3) is 0.320. The van der Waals surface area contributed by atoms with Crippen molar-refractivity contribution in [2.24, 2.45) is 0 Å². The van der Waals surface area contributed by atoms with Gasteiger partial charge in [-0.3, -0.25) is 0 Å². The van der Waals surface area contributed by atoms with Gasteiger partial charge < -0.3 is 24.4 Å². The van der Waals surface area contributed by atoms with Crippen LogP contribution in [0.5, 0.6) is 5.75 Å². The Bertz CT molecular complexity index is 986. The maximum Gasteiger partial charge on any atom is 1.00 e. The van der Waals surface area contributed by atoms with Gasteiger partial charge in [-0.25, -0.2) is 0 Å². The Labute approximate surface area is 216 Å². The molecule has 164 valence electrons. The van der Waals surface area contributed by atoms with Crippen molar-refractivity contribution in [1.82, 2.24) is 4.98 Å². The summed E-state index contributed by atoms with van der Waals surface area (Å²) in [5.41, 5.74) is 5.52. The molecule has 5 nitrogen and oxygen atoms in total. The molecule has 0 amide bonds. The van der Waals surface area contributed by atoms with Crippen LogP contribution in [0.25, 0.3) is 11.3 Å². The Balaban J connectivity index is 0.00000363. The monoisotopic (exact) mass is 461 g/mol. The van der Waals surface area contributed by atoms with Crippen molar-refractivity contribution in [2.75, 3.05) is 19.5 Å². The topological polar surface area (TPSA) is 74.4 Å². The van der Waals surface area contributed by atoms with Crippen molar-refractivity contribution in [2.45, 2.75) is 37.7 Å². The van der Waals surface area contributed by atoms with Gasteiger partial charge in [0.05, 0.1) is 12.6 Å². The van der Waals surface area contributed by atoms with E-state index < -0.39 is 12.1 Å². The number of hydrogen-bond acceptors (Lipinski definition) is 5. The van der Waals surface area contributed by atoms with Crippen LogP contribution in [0.15, 0.2) is 59.5 Å². The van der Waals surface area contributed by atoms with Gasteiger partial charge in [-0.1, -0.05) is 24.3 Å².